The Morgan fingerprint density at radius 3 is 2.58 bits per heavy atom. The van der Waals surface area contributed by atoms with Crippen LogP contribution in [0, 0.1) is 12.3 Å². The van der Waals surface area contributed by atoms with Crippen LogP contribution in [-0.2, 0) is 34.2 Å². The number of thiophene rings is 1. The Balaban J connectivity index is 1.45. The van der Waals surface area contributed by atoms with Crippen LogP contribution in [-0.4, -0.2) is 44.6 Å². The number of nitrogens with one attached hydrogen (secondary N) is 1. The van der Waals surface area contributed by atoms with Gasteiger partial charge in [0.05, 0.1) is 17.9 Å². The van der Waals surface area contributed by atoms with E-state index in [2.05, 4.69) is 27.4 Å². The quantitative estimate of drug-likeness (QED) is 0.136. The summed E-state index contributed by atoms with van der Waals surface area (Å²) >= 11 is 7.92. The Morgan fingerprint density at radius 2 is 1.93 bits per heavy atom. The Hall–Kier alpha value is -3.49. The van der Waals surface area contributed by atoms with Gasteiger partial charge in [0, 0.05) is 49.5 Å². The van der Waals surface area contributed by atoms with E-state index >= 15 is 0 Å². The molecule has 2 aromatic carbocycles. The molecule has 1 aliphatic rings. The lowest BCUT2D eigenvalue weighted by atomic mass is 10.1. The zero-order valence-corrected chi connectivity index (χ0v) is 26.5. The average molecular weight is 639 g/mol. The molecular formula is C32H35ClN4O4S2. The highest BCUT2D eigenvalue weighted by Crippen LogP contribution is 2.37. The second-order valence-electron chi connectivity index (χ2n) is 10.5. The van der Waals surface area contributed by atoms with E-state index in [-0.39, 0.29) is 23.8 Å². The molecule has 1 aromatic heterocycles. The number of nitrogens with zero attached hydrogens (tertiary/aromatic N) is 3. The number of rotatable bonds is 17. The zero-order chi connectivity index (χ0) is 30.9. The molecule has 3 aromatic rings. The lowest BCUT2D eigenvalue weighted by Crippen LogP contribution is -2.34. The van der Waals surface area contributed by atoms with Crippen LogP contribution in [0.1, 0.15) is 42.9 Å². The summed E-state index contributed by atoms with van der Waals surface area (Å²) in [5.41, 5.74) is 2.92. The molecule has 226 valence electrons. The number of ether oxygens (including phenoxy) is 1. The van der Waals surface area contributed by atoms with Gasteiger partial charge in [0.25, 0.3) is 0 Å². The van der Waals surface area contributed by atoms with Crippen LogP contribution in [0.4, 0.5) is 0 Å². The van der Waals surface area contributed by atoms with Crippen LogP contribution in [0.15, 0.2) is 86.6 Å². The first-order valence-electron chi connectivity index (χ1n) is 13.9. The molecule has 1 N–H and O–H groups in total. The minimum absolute atomic E-state index is 0.0312. The molecule has 8 nitrogen and oxygen atoms in total. The van der Waals surface area contributed by atoms with Gasteiger partial charge in [-0.1, -0.05) is 35.9 Å². The Morgan fingerprint density at radius 1 is 1.16 bits per heavy atom. The van der Waals surface area contributed by atoms with Crippen LogP contribution < -0.4 is 9.46 Å². The second kappa shape index (κ2) is 14.8. The maximum absolute atomic E-state index is 13.5. The SMILES string of the molecule is C#CCCC1(CCOc2ccc(Cl)cc2CN(CCc2ccc(S(=O)(=O)NCC(=C)C)cc2)C(=O)Cc2ccsc2)N=N1. The maximum atomic E-state index is 13.5. The normalized spacial score (nSPS) is 13.3. The van der Waals surface area contributed by atoms with Gasteiger partial charge in [0.15, 0.2) is 5.66 Å². The first-order chi connectivity index (χ1) is 20.6. The fourth-order valence-corrected chi connectivity index (χ4v) is 6.34. The second-order valence-corrected chi connectivity index (χ2v) is 13.5. The van der Waals surface area contributed by atoms with E-state index in [1.54, 1.807) is 53.5 Å². The van der Waals surface area contributed by atoms with Crippen LogP contribution in [0.2, 0.25) is 5.02 Å². The van der Waals surface area contributed by atoms with Crippen molar-refractivity contribution in [2.75, 3.05) is 19.7 Å². The average Bonchev–Trinajstić information content (AvgIpc) is 3.56. The monoisotopic (exact) mass is 638 g/mol. The van der Waals surface area contributed by atoms with Crippen molar-refractivity contribution in [3.05, 3.63) is 93.2 Å². The molecule has 0 saturated heterocycles. The number of carbonyl (C=O) groups excluding carboxylic acids is 1. The van der Waals surface area contributed by atoms with Gasteiger partial charge in [0.2, 0.25) is 15.9 Å². The summed E-state index contributed by atoms with van der Waals surface area (Å²) in [6.45, 7) is 6.78. The number of terminal acetylenes is 1. The lowest BCUT2D eigenvalue weighted by Gasteiger charge is -2.24. The molecular weight excluding hydrogens is 604 g/mol. The van der Waals surface area contributed by atoms with Gasteiger partial charge >= 0.3 is 0 Å². The molecule has 0 fully saturated rings. The molecule has 0 spiro atoms. The van der Waals surface area contributed by atoms with Crippen molar-refractivity contribution < 1.29 is 17.9 Å². The van der Waals surface area contributed by atoms with Gasteiger partial charge in [-0.25, -0.2) is 13.1 Å². The number of halogens is 1. The molecule has 1 aliphatic heterocycles. The molecule has 0 radical (unpaired) electrons. The van der Waals surface area contributed by atoms with E-state index in [0.29, 0.717) is 56.2 Å². The van der Waals surface area contributed by atoms with Crippen LogP contribution in [0.25, 0.3) is 0 Å². The van der Waals surface area contributed by atoms with E-state index < -0.39 is 15.7 Å². The summed E-state index contributed by atoms with van der Waals surface area (Å²) in [4.78, 5) is 15.5. The largest absolute Gasteiger partial charge is 0.493 e. The molecule has 0 bridgehead atoms. The number of sulfonamides is 1. The standard InChI is InChI=1S/C32H35ClN4O4S2/c1-4-5-14-32(35-36-32)15-17-41-30-11-8-28(33)20-27(30)22-37(31(38)19-26-13-18-42-23-26)16-12-25-6-9-29(10-7-25)43(39,40)34-21-24(2)3/h1,6-11,13,18,20,23,34H,2,5,12,14-17,19,21-22H2,3H3. The van der Waals surface area contributed by atoms with E-state index in [4.69, 9.17) is 22.8 Å². The van der Waals surface area contributed by atoms with E-state index in [1.165, 1.54) is 0 Å². The lowest BCUT2D eigenvalue weighted by molar-refractivity contribution is -0.131. The number of benzene rings is 2. The third-order valence-electron chi connectivity index (χ3n) is 6.95. The van der Waals surface area contributed by atoms with Crippen LogP contribution in [0.3, 0.4) is 0 Å². The highest BCUT2D eigenvalue weighted by atomic mass is 35.5. The molecule has 11 heteroatoms. The molecule has 43 heavy (non-hydrogen) atoms. The summed E-state index contributed by atoms with van der Waals surface area (Å²) in [7, 11) is -3.63. The molecule has 1 amide bonds. The van der Waals surface area contributed by atoms with Gasteiger partial charge in [-0.15, -0.1) is 12.3 Å². The predicted octanol–water partition coefficient (Wildman–Crippen LogP) is 6.41. The van der Waals surface area contributed by atoms with Crippen molar-refractivity contribution in [1.29, 1.82) is 0 Å². The first kappa shape index (κ1) is 32.4. The van der Waals surface area contributed by atoms with Crippen molar-refractivity contribution in [1.82, 2.24) is 9.62 Å². The summed E-state index contributed by atoms with van der Waals surface area (Å²) in [5, 5.41) is 12.8. The highest BCUT2D eigenvalue weighted by molar-refractivity contribution is 7.89. The van der Waals surface area contributed by atoms with E-state index in [0.717, 1.165) is 22.3 Å². The molecule has 2 heterocycles. The zero-order valence-electron chi connectivity index (χ0n) is 24.1. The minimum Gasteiger partial charge on any atom is -0.493 e. The molecule has 0 aliphatic carbocycles. The van der Waals surface area contributed by atoms with Gasteiger partial charge in [-0.05, 0) is 71.6 Å². The topological polar surface area (TPSA) is 100 Å². The van der Waals surface area contributed by atoms with Gasteiger partial charge in [0.1, 0.15) is 5.75 Å². The summed E-state index contributed by atoms with van der Waals surface area (Å²) in [5.74, 6) is 3.24. The van der Waals surface area contributed by atoms with Gasteiger partial charge in [-0.2, -0.15) is 21.6 Å². The number of amides is 1. The molecule has 0 saturated carbocycles. The number of hydrogen-bond donors (Lipinski definition) is 1. The van der Waals surface area contributed by atoms with Crippen LogP contribution in [0.5, 0.6) is 5.75 Å². The van der Waals surface area contributed by atoms with Crippen molar-refractivity contribution in [2.45, 2.75) is 56.1 Å². The van der Waals surface area contributed by atoms with Crippen molar-refractivity contribution in [3.63, 3.8) is 0 Å². The minimum atomic E-state index is -3.63. The fourth-order valence-electron chi connectivity index (χ4n) is 4.38. The first-order valence-corrected chi connectivity index (χ1v) is 16.7. The third-order valence-corrected chi connectivity index (χ3v) is 9.34. The van der Waals surface area contributed by atoms with Crippen molar-refractivity contribution >= 4 is 38.9 Å². The smallest absolute Gasteiger partial charge is 0.240 e. The summed E-state index contributed by atoms with van der Waals surface area (Å²) < 4.78 is 33.8. The van der Waals surface area contributed by atoms with Crippen LogP contribution >= 0.6 is 22.9 Å². The summed E-state index contributed by atoms with van der Waals surface area (Å²) in [6.07, 6.45) is 8.12. The molecule has 0 unspecified atom stereocenters. The number of hydrogen-bond acceptors (Lipinski definition) is 7. The predicted molar refractivity (Wildman–Crippen MR) is 171 cm³/mol. The highest BCUT2D eigenvalue weighted by Gasteiger charge is 2.39. The Kier molecular flexibility index (Phi) is 11.2. The Bertz CT molecular complexity index is 1590. The van der Waals surface area contributed by atoms with E-state index in [1.807, 2.05) is 29.0 Å². The Labute approximate surface area is 262 Å². The van der Waals surface area contributed by atoms with Crippen molar-refractivity contribution in [3.8, 4) is 18.1 Å². The maximum Gasteiger partial charge on any atom is 0.240 e. The molecule has 4 rings (SSSR count). The molecule has 0 atom stereocenters. The fraction of sp³-hybridized carbons (Fsp3) is 0.344. The summed E-state index contributed by atoms with van der Waals surface area (Å²) in [6, 6.07) is 14.0. The van der Waals surface area contributed by atoms with Crippen molar-refractivity contribution in [2.24, 2.45) is 10.2 Å². The van der Waals surface area contributed by atoms with Gasteiger partial charge in [-0.3, -0.25) is 4.79 Å². The van der Waals surface area contributed by atoms with Gasteiger partial charge < -0.3 is 9.64 Å². The third kappa shape index (κ3) is 9.76. The number of carbonyl (C=O) groups is 1. The van der Waals surface area contributed by atoms with E-state index in [9.17, 15) is 13.2 Å².